The molecule has 0 aromatic heterocycles. The molecule has 0 heterocycles. The van der Waals surface area contributed by atoms with E-state index in [1.807, 2.05) is 24.3 Å². The van der Waals surface area contributed by atoms with Crippen molar-refractivity contribution in [2.24, 2.45) is 0 Å². The molecule has 0 N–H and O–H groups in total. The minimum absolute atomic E-state index is 0.0324. The minimum Gasteiger partial charge on any atom is -0.492 e. The van der Waals surface area contributed by atoms with Crippen LogP contribution in [0.3, 0.4) is 0 Å². The Hall–Kier alpha value is -1.88. The van der Waals surface area contributed by atoms with Crippen molar-refractivity contribution in [3.8, 4) is 5.75 Å². The van der Waals surface area contributed by atoms with E-state index < -0.39 is 0 Å². The van der Waals surface area contributed by atoms with Gasteiger partial charge in [-0.05, 0) is 42.0 Å². The first kappa shape index (κ1) is 16.5. The van der Waals surface area contributed by atoms with Gasteiger partial charge in [-0.2, -0.15) is 0 Å². The van der Waals surface area contributed by atoms with Gasteiger partial charge in [0.25, 0.3) is 0 Å². The van der Waals surface area contributed by atoms with E-state index in [0.29, 0.717) is 25.3 Å². The van der Waals surface area contributed by atoms with Crippen molar-refractivity contribution in [2.45, 2.75) is 6.42 Å². The Morgan fingerprint density at radius 1 is 1.14 bits per heavy atom. The van der Waals surface area contributed by atoms with Gasteiger partial charge in [-0.25, -0.2) is 4.39 Å². The van der Waals surface area contributed by atoms with Crippen LogP contribution in [0.1, 0.15) is 5.56 Å². The summed E-state index contributed by atoms with van der Waals surface area (Å²) in [6.07, 6.45) is 0.361. The van der Waals surface area contributed by atoms with Gasteiger partial charge in [-0.15, -0.1) is 0 Å². The Balaban J connectivity index is 1.76. The normalized spacial score (nSPS) is 10.3. The molecule has 0 spiro atoms. The lowest BCUT2D eigenvalue weighted by Crippen LogP contribution is -2.32. The topological polar surface area (TPSA) is 29.5 Å². The summed E-state index contributed by atoms with van der Waals surface area (Å²) in [6, 6.07) is 13.5. The van der Waals surface area contributed by atoms with E-state index in [9.17, 15) is 9.18 Å². The number of benzene rings is 2. The predicted octanol–water partition coefficient (Wildman–Crippen LogP) is 3.67. The molecule has 5 heteroatoms. The van der Waals surface area contributed by atoms with Crippen molar-refractivity contribution >= 4 is 21.8 Å². The smallest absolute Gasteiger partial charge is 0.226 e. The third kappa shape index (κ3) is 5.15. The summed E-state index contributed by atoms with van der Waals surface area (Å²) in [4.78, 5) is 13.7. The third-order valence-electron chi connectivity index (χ3n) is 3.20. The predicted molar refractivity (Wildman–Crippen MR) is 87.4 cm³/mol. The van der Waals surface area contributed by atoms with Crippen molar-refractivity contribution in [3.05, 3.63) is 64.4 Å². The number of likely N-dealkylation sites (N-methyl/N-ethyl adjacent to an activating group) is 1. The molecule has 0 unspecified atom stereocenters. The van der Waals surface area contributed by atoms with Gasteiger partial charge >= 0.3 is 0 Å². The average Bonchev–Trinajstić information content (AvgIpc) is 2.51. The van der Waals surface area contributed by atoms with Crippen LogP contribution in [0.4, 0.5) is 4.39 Å². The Morgan fingerprint density at radius 2 is 1.77 bits per heavy atom. The number of carbonyl (C=O) groups excluding carboxylic acids is 1. The maximum absolute atomic E-state index is 12.8. The molecule has 0 atom stereocenters. The monoisotopic (exact) mass is 365 g/mol. The maximum atomic E-state index is 12.8. The maximum Gasteiger partial charge on any atom is 0.226 e. The molecule has 0 bridgehead atoms. The van der Waals surface area contributed by atoms with Crippen molar-refractivity contribution in [2.75, 3.05) is 20.2 Å². The summed E-state index contributed by atoms with van der Waals surface area (Å²) in [7, 11) is 1.75. The Kier molecular flexibility index (Phi) is 5.95. The summed E-state index contributed by atoms with van der Waals surface area (Å²) in [5.74, 6) is 0.328. The van der Waals surface area contributed by atoms with Crippen molar-refractivity contribution < 1.29 is 13.9 Å². The highest BCUT2D eigenvalue weighted by Crippen LogP contribution is 2.12. The second-order valence-electron chi connectivity index (χ2n) is 4.92. The number of amides is 1. The van der Waals surface area contributed by atoms with Gasteiger partial charge in [-0.3, -0.25) is 4.79 Å². The molecular formula is C17H17BrFNO2. The van der Waals surface area contributed by atoms with Crippen LogP contribution in [0.15, 0.2) is 53.0 Å². The molecule has 2 aromatic carbocycles. The zero-order valence-corrected chi connectivity index (χ0v) is 13.8. The molecule has 0 saturated heterocycles. The number of ether oxygens (including phenoxy) is 1. The van der Waals surface area contributed by atoms with E-state index in [2.05, 4.69) is 15.9 Å². The van der Waals surface area contributed by atoms with Gasteiger partial charge < -0.3 is 9.64 Å². The second kappa shape index (κ2) is 7.94. The number of hydrogen-bond donors (Lipinski definition) is 0. The van der Waals surface area contributed by atoms with E-state index >= 15 is 0 Å². The van der Waals surface area contributed by atoms with Crippen LogP contribution in [0.2, 0.25) is 0 Å². The molecule has 2 rings (SSSR count). The summed E-state index contributed by atoms with van der Waals surface area (Å²) in [5, 5.41) is 0. The second-order valence-corrected chi connectivity index (χ2v) is 5.84. The van der Waals surface area contributed by atoms with E-state index in [0.717, 1.165) is 10.0 Å². The third-order valence-corrected chi connectivity index (χ3v) is 3.73. The molecular weight excluding hydrogens is 349 g/mol. The molecule has 0 aliphatic rings. The molecule has 0 aliphatic heterocycles. The first-order chi connectivity index (χ1) is 10.5. The van der Waals surface area contributed by atoms with Gasteiger partial charge in [0, 0.05) is 11.5 Å². The highest BCUT2D eigenvalue weighted by atomic mass is 79.9. The Labute approximate surface area is 137 Å². The standard InChI is InChI=1S/C17H17BrFNO2/c1-20(10-11-22-16-8-6-15(19)7-9-16)17(21)12-13-2-4-14(18)5-3-13/h2-9H,10-12H2,1H3. The minimum atomic E-state index is -0.297. The molecule has 3 nitrogen and oxygen atoms in total. The fraction of sp³-hybridized carbons (Fsp3) is 0.235. The molecule has 0 saturated carbocycles. The van der Waals surface area contributed by atoms with Crippen molar-refractivity contribution in [1.82, 2.24) is 4.90 Å². The lowest BCUT2D eigenvalue weighted by atomic mass is 10.1. The highest BCUT2D eigenvalue weighted by molar-refractivity contribution is 9.10. The summed E-state index contributed by atoms with van der Waals surface area (Å²) >= 11 is 3.37. The number of nitrogens with zero attached hydrogens (tertiary/aromatic N) is 1. The number of halogens is 2. The molecule has 0 fully saturated rings. The van der Waals surface area contributed by atoms with E-state index in [-0.39, 0.29) is 11.7 Å². The van der Waals surface area contributed by atoms with Crippen LogP contribution in [-0.2, 0) is 11.2 Å². The first-order valence-electron chi connectivity index (χ1n) is 6.91. The van der Waals surface area contributed by atoms with Gasteiger partial charge in [0.15, 0.2) is 0 Å². The van der Waals surface area contributed by atoms with Crippen molar-refractivity contribution in [3.63, 3.8) is 0 Å². The number of hydrogen-bond acceptors (Lipinski definition) is 2. The van der Waals surface area contributed by atoms with E-state index in [4.69, 9.17) is 4.74 Å². The Bertz CT molecular complexity index is 614. The molecule has 2 aromatic rings. The fourth-order valence-corrected chi connectivity index (χ4v) is 2.13. The lowest BCUT2D eigenvalue weighted by Gasteiger charge is -2.17. The highest BCUT2D eigenvalue weighted by Gasteiger charge is 2.09. The van der Waals surface area contributed by atoms with E-state index in [1.54, 1.807) is 24.1 Å². The van der Waals surface area contributed by atoms with Crippen LogP contribution < -0.4 is 4.74 Å². The molecule has 0 radical (unpaired) electrons. The fourth-order valence-electron chi connectivity index (χ4n) is 1.87. The van der Waals surface area contributed by atoms with Gasteiger partial charge in [0.2, 0.25) is 5.91 Å². The molecule has 116 valence electrons. The lowest BCUT2D eigenvalue weighted by molar-refractivity contribution is -0.129. The van der Waals surface area contributed by atoms with Crippen LogP contribution in [-0.4, -0.2) is 31.0 Å². The Morgan fingerprint density at radius 3 is 2.41 bits per heavy atom. The molecule has 0 aliphatic carbocycles. The van der Waals surface area contributed by atoms with Gasteiger partial charge in [0.1, 0.15) is 18.2 Å². The van der Waals surface area contributed by atoms with Crippen LogP contribution >= 0.6 is 15.9 Å². The molecule has 1 amide bonds. The SMILES string of the molecule is CN(CCOc1ccc(F)cc1)C(=O)Cc1ccc(Br)cc1. The average molecular weight is 366 g/mol. The zero-order valence-electron chi connectivity index (χ0n) is 12.3. The van der Waals surface area contributed by atoms with Gasteiger partial charge in [0.05, 0.1) is 13.0 Å². The molecule has 22 heavy (non-hydrogen) atoms. The van der Waals surface area contributed by atoms with Gasteiger partial charge in [-0.1, -0.05) is 28.1 Å². The summed E-state index contributed by atoms with van der Waals surface area (Å²) in [5.41, 5.74) is 0.972. The largest absolute Gasteiger partial charge is 0.492 e. The summed E-state index contributed by atoms with van der Waals surface area (Å²) < 4.78 is 19.2. The van der Waals surface area contributed by atoms with E-state index in [1.165, 1.54) is 12.1 Å². The number of carbonyl (C=O) groups is 1. The number of rotatable bonds is 6. The van der Waals surface area contributed by atoms with Crippen LogP contribution in [0.25, 0.3) is 0 Å². The van der Waals surface area contributed by atoms with Crippen LogP contribution in [0.5, 0.6) is 5.75 Å². The quantitative estimate of drug-likeness (QED) is 0.781. The summed E-state index contributed by atoms with van der Waals surface area (Å²) in [6.45, 7) is 0.848. The zero-order chi connectivity index (χ0) is 15.9. The van der Waals surface area contributed by atoms with Crippen molar-refractivity contribution in [1.29, 1.82) is 0 Å². The first-order valence-corrected chi connectivity index (χ1v) is 7.70. The van der Waals surface area contributed by atoms with Crippen LogP contribution in [0, 0.1) is 5.82 Å².